The van der Waals surface area contributed by atoms with Gasteiger partial charge in [0.15, 0.2) is 0 Å². The molecule has 0 aliphatic carbocycles. The summed E-state index contributed by atoms with van der Waals surface area (Å²) in [7, 11) is 0. The van der Waals surface area contributed by atoms with Crippen LogP contribution in [0, 0.1) is 17.6 Å². The van der Waals surface area contributed by atoms with Gasteiger partial charge in [0.2, 0.25) is 17.7 Å². The van der Waals surface area contributed by atoms with Crippen molar-refractivity contribution in [3.05, 3.63) is 99.2 Å². The zero-order chi connectivity index (χ0) is 44.1. The van der Waals surface area contributed by atoms with Crippen LogP contribution < -0.4 is 10.2 Å². The van der Waals surface area contributed by atoms with E-state index in [1.165, 1.54) is 12.1 Å². The molecule has 2 N–H and O–H groups in total. The number of H-pyrrole nitrogens is 1. The molecule has 3 saturated heterocycles. The number of carbonyl (C=O) groups excluding carboxylic acids is 5. The molecule has 0 saturated carbocycles. The Labute approximate surface area is 359 Å². The number of hydrogen-bond acceptors (Lipinski definition) is 8. The van der Waals surface area contributed by atoms with E-state index in [4.69, 9.17) is 0 Å². The summed E-state index contributed by atoms with van der Waals surface area (Å²) in [4.78, 5) is 75.9. The summed E-state index contributed by atoms with van der Waals surface area (Å²) < 4.78 is 74.4. The van der Waals surface area contributed by atoms with E-state index in [1.807, 2.05) is 21.9 Å². The SMILES string of the molecule is C[C@@H]1Cc2c([nH]c3ccccc23)[C@@H](c2c(F)cc(N3CCC(C(=O)N4CCC(N5Cc6cc7c(cc6C5)C(=O)N(C5CCC(=O)NC5=O)C7=O)CC4)CC3)cc2F)N1CC(F)(F)F. The van der Waals surface area contributed by atoms with Gasteiger partial charge in [-0.2, -0.15) is 13.2 Å². The molecular weight excluding hydrogens is 826 g/mol. The van der Waals surface area contributed by atoms with E-state index in [0.29, 0.717) is 69.7 Å². The number of nitrogens with one attached hydrogen (secondary N) is 2. The fourth-order valence-corrected chi connectivity index (χ4v) is 11.0. The zero-order valence-corrected chi connectivity index (χ0v) is 34.6. The van der Waals surface area contributed by atoms with Gasteiger partial charge < -0.3 is 14.8 Å². The van der Waals surface area contributed by atoms with Crippen molar-refractivity contribution in [2.45, 2.75) is 95.3 Å². The van der Waals surface area contributed by atoms with Gasteiger partial charge in [-0.3, -0.25) is 44.0 Å². The van der Waals surface area contributed by atoms with Gasteiger partial charge in [0, 0.05) is 91.5 Å². The second-order valence-electron chi connectivity index (χ2n) is 18.0. The fourth-order valence-electron chi connectivity index (χ4n) is 11.0. The number of fused-ring (bicyclic) bond motifs is 5. The smallest absolute Gasteiger partial charge is 0.371 e. The topological polar surface area (TPSA) is 129 Å². The number of amides is 5. The molecule has 0 radical (unpaired) electrons. The number of piperidine rings is 3. The van der Waals surface area contributed by atoms with Gasteiger partial charge in [-0.1, -0.05) is 18.2 Å². The lowest BCUT2D eigenvalue weighted by Crippen LogP contribution is -2.54. The first kappa shape index (κ1) is 41.3. The van der Waals surface area contributed by atoms with Crippen LogP contribution in [0.5, 0.6) is 0 Å². The molecule has 6 aliphatic rings. The molecule has 3 fully saturated rings. The molecule has 10 rings (SSSR count). The molecule has 3 atom stereocenters. The molecule has 5 amide bonds. The number of nitrogens with zero attached hydrogens (tertiary/aromatic N) is 5. The molecule has 0 spiro atoms. The summed E-state index contributed by atoms with van der Waals surface area (Å²) in [5.74, 6) is -4.21. The van der Waals surface area contributed by atoms with E-state index in [9.17, 15) is 37.1 Å². The van der Waals surface area contributed by atoms with E-state index in [-0.39, 0.29) is 47.5 Å². The van der Waals surface area contributed by atoms with Crippen LogP contribution in [0.1, 0.15) is 100 Å². The average molecular weight is 872 g/mol. The van der Waals surface area contributed by atoms with Crippen molar-refractivity contribution >= 4 is 46.1 Å². The Morgan fingerprint density at radius 1 is 0.825 bits per heavy atom. The summed E-state index contributed by atoms with van der Waals surface area (Å²) in [5.41, 5.74) is 4.06. The van der Waals surface area contributed by atoms with E-state index in [2.05, 4.69) is 15.2 Å². The molecule has 0 bridgehead atoms. The Morgan fingerprint density at radius 3 is 2.08 bits per heavy atom. The Balaban J connectivity index is 0.761. The summed E-state index contributed by atoms with van der Waals surface area (Å²) in [5, 5.41) is 3.04. The summed E-state index contributed by atoms with van der Waals surface area (Å²) >= 11 is 0. The lowest BCUT2D eigenvalue weighted by Gasteiger charge is -2.41. The monoisotopic (exact) mass is 871 g/mol. The van der Waals surface area contributed by atoms with Crippen LogP contribution in [-0.4, -0.2) is 111 Å². The van der Waals surface area contributed by atoms with Crippen LogP contribution in [0.2, 0.25) is 0 Å². The van der Waals surface area contributed by atoms with Crippen molar-refractivity contribution in [2.75, 3.05) is 37.6 Å². The standard InChI is InChI=1S/C46H46F5N7O5/c1-24-16-31-30-4-2-3-5-36(30)52-40(31)41(57(24)23-46(49,50)51)39-34(47)19-29(20-35(39)48)54-12-8-25(9-13-54)43(61)55-14-10-28(11-15-55)56-21-26-17-32-33(18-27(26)22-56)45(63)58(44(32)62)37-6-7-38(59)53-42(37)60/h2-5,17-20,24-25,28,37,41,52H,6-16,21-23H2,1H3,(H,53,59,60)/t24-,37?,41-/m1/s1. The van der Waals surface area contributed by atoms with E-state index < -0.39 is 71.7 Å². The minimum atomic E-state index is -4.59. The maximum absolute atomic E-state index is 16.3. The van der Waals surface area contributed by atoms with Crippen LogP contribution in [0.3, 0.4) is 0 Å². The van der Waals surface area contributed by atoms with Crippen molar-refractivity contribution in [3.8, 4) is 0 Å². The van der Waals surface area contributed by atoms with E-state index in [0.717, 1.165) is 44.7 Å². The molecule has 63 heavy (non-hydrogen) atoms. The van der Waals surface area contributed by atoms with Gasteiger partial charge in [-0.15, -0.1) is 0 Å². The molecule has 12 nitrogen and oxygen atoms in total. The van der Waals surface area contributed by atoms with Crippen LogP contribution >= 0.6 is 0 Å². The number of aromatic nitrogens is 1. The number of para-hydroxylation sites is 1. The normalized spacial score (nSPS) is 24.0. The van der Waals surface area contributed by atoms with Crippen LogP contribution in [0.4, 0.5) is 27.6 Å². The number of anilines is 1. The predicted octanol–water partition coefficient (Wildman–Crippen LogP) is 5.97. The molecule has 1 unspecified atom stereocenters. The highest BCUT2D eigenvalue weighted by atomic mass is 19.4. The van der Waals surface area contributed by atoms with E-state index >= 15 is 8.78 Å². The largest absolute Gasteiger partial charge is 0.401 e. The lowest BCUT2D eigenvalue weighted by molar-refractivity contribution is -0.155. The van der Waals surface area contributed by atoms with E-state index in [1.54, 1.807) is 31.2 Å². The number of benzene rings is 3. The van der Waals surface area contributed by atoms with Crippen molar-refractivity contribution < 1.29 is 45.9 Å². The molecule has 7 heterocycles. The quantitative estimate of drug-likeness (QED) is 0.179. The fraction of sp³-hybridized carbons (Fsp3) is 0.457. The van der Waals surface area contributed by atoms with Gasteiger partial charge in [0.05, 0.1) is 23.7 Å². The number of hydrogen-bond donors (Lipinski definition) is 2. The summed E-state index contributed by atoms with van der Waals surface area (Å²) in [6.07, 6.45) is -1.72. The number of carbonyl (C=O) groups is 5. The van der Waals surface area contributed by atoms with Crippen molar-refractivity contribution in [1.82, 2.24) is 29.9 Å². The Bertz CT molecular complexity index is 2510. The van der Waals surface area contributed by atoms with Gasteiger partial charge in [0.25, 0.3) is 11.8 Å². The highest BCUT2D eigenvalue weighted by Crippen LogP contribution is 2.45. The van der Waals surface area contributed by atoms with Crippen LogP contribution in [-0.2, 0) is 33.9 Å². The van der Waals surface area contributed by atoms with Crippen LogP contribution in [0.25, 0.3) is 10.9 Å². The van der Waals surface area contributed by atoms with Gasteiger partial charge in [-0.05, 0) is 92.5 Å². The minimum Gasteiger partial charge on any atom is -0.371 e. The number of rotatable bonds is 6. The van der Waals surface area contributed by atoms with Crippen molar-refractivity contribution in [1.29, 1.82) is 0 Å². The van der Waals surface area contributed by atoms with Gasteiger partial charge >= 0.3 is 6.18 Å². The first-order valence-electron chi connectivity index (χ1n) is 21.7. The minimum absolute atomic E-state index is 0.0462. The molecule has 1 aromatic heterocycles. The summed E-state index contributed by atoms with van der Waals surface area (Å²) in [6, 6.07) is 10.4. The number of halogens is 5. The molecule has 17 heteroatoms. The molecule has 3 aromatic carbocycles. The second-order valence-corrected chi connectivity index (χ2v) is 18.0. The molecule has 4 aromatic rings. The lowest BCUT2D eigenvalue weighted by atomic mass is 9.87. The third kappa shape index (κ3) is 7.26. The molecular formula is C46H46F5N7O5. The molecule has 330 valence electrons. The maximum Gasteiger partial charge on any atom is 0.401 e. The zero-order valence-electron chi connectivity index (χ0n) is 34.6. The number of likely N-dealkylation sites (tertiary alicyclic amines) is 1. The van der Waals surface area contributed by atoms with Gasteiger partial charge in [0.1, 0.15) is 17.7 Å². The van der Waals surface area contributed by atoms with Gasteiger partial charge in [-0.25, -0.2) is 8.78 Å². The van der Waals surface area contributed by atoms with Crippen molar-refractivity contribution in [2.24, 2.45) is 5.92 Å². The Morgan fingerprint density at radius 2 is 1.46 bits per heavy atom. The number of alkyl halides is 3. The number of aromatic amines is 1. The highest BCUT2D eigenvalue weighted by molar-refractivity contribution is 6.23. The Hall–Kier alpha value is -5.68. The third-order valence-electron chi connectivity index (χ3n) is 14.2. The average Bonchev–Trinajstić information content (AvgIpc) is 3.91. The first-order valence-corrected chi connectivity index (χ1v) is 21.7. The Kier molecular flexibility index (Phi) is 10.2. The predicted molar refractivity (Wildman–Crippen MR) is 219 cm³/mol. The maximum atomic E-state index is 16.3. The molecule has 6 aliphatic heterocycles. The first-order chi connectivity index (χ1) is 30.1. The second kappa shape index (κ2) is 15.5. The highest BCUT2D eigenvalue weighted by Gasteiger charge is 2.47. The van der Waals surface area contributed by atoms with Crippen LogP contribution in [0.15, 0.2) is 48.5 Å². The number of imide groups is 2. The summed E-state index contributed by atoms with van der Waals surface area (Å²) in [6.45, 7) is 3.36. The van der Waals surface area contributed by atoms with Crippen molar-refractivity contribution in [3.63, 3.8) is 0 Å². The third-order valence-corrected chi connectivity index (χ3v) is 14.2.